The lowest BCUT2D eigenvalue weighted by Gasteiger charge is -2.52. The van der Waals surface area contributed by atoms with Crippen LogP contribution in [0.2, 0.25) is 0 Å². The van der Waals surface area contributed by atoms with E-state index in [1.54, 1.807) is 45.0 Å². The normalized spacial score (nSPS) is 18.3. The molecule has 0 bridgehead atoms. The third-order valence-electron chi connectivity index (χ3n) is 4.29. The van der Waals surface area contributed by atoms with Gasteiger partial charge in [0.15, 0.2) is 0 Å². The fourth-order valence-corrected chi connectivity index (χ4v) is 3.16. The molecule has 0 N–H and O–H groups in total. The maximum Gasteiger partial charge on any atom is 0.345 e. The van der Waals surface area contributed by atoms with Gasteiger partial charge in [-0.1, -0.05) is 6.92 Å². The van der Waals surface area contributed by atoms with Crippen molar-refractivity contribution in [3.63, 3.8) is 0 Å². The average Bonchev–Trinajstić information content (AvgIpc) is 2.60. The fraction of sp³-hybridized carbons (Fsp3) is 0.500. The van der Waals surface area contributed by atoms with Crippen LogP contribution in [0.15, 0.2) is 24.3 Å². The highest BCUT2D eigenvalue weighted by Gasteiger charge is 2.71. The van der Waals surface area contributed by atoms with E-state index in [-0.39, 0.29) is 19.1 Å². The van der Waals surface area contributed by atoms with E-state index >= 15 is 0 Å². The van der Waals surface area contributed by atoms with Gasteiger partial charge in [0.2, 0.25) is 5.91 Å². The van der Waals surface area contributed by atoms with Crippen molar-refractivity contribution in [2.75, 3.05) is 25.2 Å². The van der Waals surface area contributed by atoms with E-state index in [1.165, 1.54) is 12.0 Å². The topological polar surface area (TPSA) is 82.1 Å². The maximum atomic E-state index is 12.7. The second kappa shape index (κ2) is 7.55. The van der Waals surface area contributed by atoms with Crippen molar-refractivity contribution in [1.29, 1.82) is 0 Å². The highest BCUT2D eigenvalue weighted by Crippen LogP contribution is 2.45. The van der Waals surface area contributed by atoms with Crippen LogP contribution in [0.1, 0.15) is 27.2 Å². The number of amides is 1. The Bertz CT molecular complexity index is 636. The summed E-state index contributed by atoms with van der Waals surface area (Å²) >= 11 is 0. The summed E-state index contributed by atoms with van der Waals surface area (Å²) in [4.78, 5) is 39.3. The molecule has 1 aliphatic heterocycles. The van der Waals surface area contributed by atoms with Gasteiger partial charge in [-0.25, -0.2) is 9.59 Å². The van der Waals surface area contributed by atoms with Gasteiger partial charge in [-0.15, -0.1) is 0 Å². The van der Waals surface area contributed by atoms with Gasteiger partial charge in [-0.05, 0) is 44.5 Å². The Morgan fingerprint density at radius 1 is 1.04 bits per heavy atom. The summed E-state index contributed by atoms with van der Waals surface area (Å²) in [6.45, 7) is 5.25. The average molecular weight is 349 g/mol. The lowest BCUT2D eigenvalue weighted by Crippen LogP contribution is -2.79. The summed E-state index contributed by atoms with van der Waals surface area (Å²) < 4.78 is 15.4. The molecule has 7 heteroatoms. The minimum Gasteiger partial charge on any atom is -0.497 e. The molecule has 1 fully saturated rings. The Balaban J connectivity index is 2.54. The second-order valence-electron chi connectivity index (χ2n) is 5.54. The molecular formula is C18H23NO6. The van der Waals surface area contributed by atoms with E-state index in [4.69, 9.17) is 14.2 Å². The molecule has 25 heavy (non-hydrogen) atoms. The third kappa shape index (κ3) is 2.83. The van der Waals surface area contributed by atoms with Crippen molar-refractivity contribution in [2.45, 2.75) is 32.7 Å². The summed E-state index contributed by atoms with van der Waals surface area (Å²) in [7, 11) is 1.53. The molecule has 1 heterocycles. The monoisotopic (exact) mass is 349 g/mol. The van der Waals surface area contributed by atoms with E-state index in [2.05, 4.69) is 0 Å². The van der Waals surface area contributed by atoms with Crippen LogP contribution >= 0.6 is 0 Å². The lowest BCUT2D eigenvalue weighted by atomic mass is 9.70. The summed E-state index contributed by atoms with van der Waals surface area (Å²) in [6, 6.07) is 6.55. The number of nitrogens with zero attached hydrogens (tertiary/aromatic N) is 1. The van der Waals surface area contributed by atoms with Gasteiger partial charge in [0.05, 0.1) is 26.2 Å². The zero-order valence-electron chi connectivity index (χ0n) is 14.9. The quantitative estimate of drug-likeness (QED) is 0.425. The lowest BCUT2D eigenvalue weighted by molar-refractivity contribution is -0.177. The number of carbonyl (C=O) groups excluding carboxylic acids is 3. The number of hydrogen-bond acceptors (Lipinski definition) is 6. The molecule has 1 aromatic carbocycles. The number of carbonyl (C=O) groups is 3. The number of esters is 2. The van der Waals surface area contributed by atoms with Crippen LogP contribution in [-0.2, 0) is 23.9 Å². The molecular weight excluding hydrogens is 326 g/mol. The standard InChI is InChI=1S/C18H23NO6/c1-5-14-15(20)19(12-8-10-13(23-4)11-9-12)18(14,16(21)24-6-2)17(22)25-7-3/h8-11,14H,5-7H2,1-4H3. The van der Waals surface area contributed by atoms with Crippen LogP contribution in [-0.4, -0.2) is 43.7 Å². The summed E-state index contributed by atoms with van der Waals surface area (Å²) in [6.07, 6.45) is 0.323. The minimum absolute atomic E-state index is 0.0983. The minimum atomic E-state index is -1.79. The second-order valence-corrected chi connectivity index (χ2v) is 5.54. The number of rotatable bonds is 7. The Morgan fingerprint density at radius 2 is 1.56 bits per heavy atom. The largest absolute Gasteiger partial charge is 0.497 e. The Hall–Kier alpha value is -2.57. The highest BCUT2D eigenvalue weighted by atomic mass is 16.6. The maximum absolute atomic E-state index is 12.7. The van der Waals surface area contributed by atoms with Crippen LogP contribution in [0.3, 0.4) is 0 Å². The molecule has 0 saturated carbocycles. The highest BCUT2D eigenvalue weighted by molar-refractivity contribution is 6.25. The molecule has 7 nitrogen and oxygen atoms in total. The van der Waals surface area contributed by atoms with Crippen molar-refractivity contribution in [3.8, 4) is 5.75 Å². The first kappa shape index (κ1) is 18.8. The van der Waals surface area contributed by atoms with Gasteiger partial charge in [0, 0.05) is 5.69 Å². The molecule has 1 aromatic rings. The van der Waals surface area contributed by atoms with Crippen molar-refractivity contribution < 1.29 is 28.6 Å². The molecule has 0 spiro atoms. The number of benzene rings is 1. The van der Waals surface area contributed by atoms with Crippen molar-refractivity contribution >= 4 is 23.5 Å². The van der Waals surface area contributed by atoms with Gasteiger partial charge in [0.25, 0.3) is 5.54 Å². The molecule has 1 atom stereocenters. The van der Waals surface area contributed by atoms with Gasteiger partial charge < -0.3 is 14.2 Å². The molecule has 0 aliphatic carbocycles. The summed E-state index contributed by atoms with van der Waals surface area (Å²) in [5.41, 5.74) is -1.37. The molecule has 0 aromatic heterocycles. The zero-order valence-corrected chi connectivity index (χ0v) is 14.9. The van der Waals surface area contributed by atoms with Crippen LogP contribution in [0.25, 0.3) is 0 Å². The van der Waals surface area contributed by atoms with Crippen LogP contribution < -0.4 is 9.64 Å². The molecule has 2 rings (SSSR count). The van der Waals surface area contributed by atoms with E-state index in [9.17, 15) is 14.4 Å². The Kier molecular flexibility index (Phi) is 5.66. The number of anilines is 1. The predicted molar refractivity (Wildman–Crippen MR) is 90.3 cm³/mol. The van der Waals surface area contributed by atoms with E-state index in [1.807, 2.05) is 0 Å². The molecule has 1 amide bonds. The number of β-lactam (4-membered cyclic amide) rings is 1. The van der Waals surface area contributed by atoms with Crippen LogP contribution in [0, 0.1) is 5.92 Å². The first-order chi connectivity index (χ1) is 12.0. The molecule has 1 saturated heterocycles. The smallest absolute Gasteiger partial charge is 0.345 e. The first-order valence-electron chi connectivity index (χ1n) is 8.31. The Morgan fingerprint density at radius 3 is 1.96 bits per heavy atom. The van der Waals surface area contributed by atoms with Gasteiger partial charge in [-0.2, -0.15) is 0 Å². The fourth-order valence-electron chi connectivity index (χ4n) is 3.16. The number of ether oxygens (including phenoxy) is 3. The molecule has 1 aliphatic rings. The van der Waals surface area contributed by atoms with Gasteiger partial charge in [0.1, 0.15) is 5.75 Å². The zero-order chi connectivity index (χ0) is 18.6. The Labute approximate surface area is 146 Å². The first-order valence-corrected chi connectivity index (χ1v) is 8.31. The van der Waals surface area contributed by atoms with Gasteiger partial charge >= 0.3 is 11.9 Å². The van der Waals surface area contributed by atoms with E-state index in [0.29, 0.717) is 17.9 Å². The summed E-state index contributed by atoms with van der Waals surface area (Å²) in [5.74, 6) is -2.06. The number of hydrogen-bond donors (Lipinski definition) is 0. The van der Waals surface area contributed by atoms with E-state index < -0.39 is 23.4 Å². The molecule has 136 valence electrons. The van der Waals surface area contributed by atoms with Crippen molar-refractivity contribution in [3.05, 3.63) is 24.3 Å². The molecule has 1 unspecified atom stereocenters. The SMILES string of the molecule is CCOC(=O)C1(C(=O)OCC)C(CC)C(=O)N1c1ccc(OC)cc1. The molecule has 0 radical (unpaired) electrons. The third-order valence-corrected chi connectivity index (χ3v) is 4.29. The van der Waals surface area contributed by atoms with E-state index in [0.717, 1.165) is 0 Å². The van der Waals surface area contributed by atoms with Crippen molar-refractivity contribution in [1.82, 2.24) is 0 Å². The van der Waals surface area contributed by atoms with Crippen LogP contribution in [0.5, 0.6) is 5.75 Å². The van der Waals surface area contributed by atoms with Gasteiger partial charge in [-0.3, -0.25) is 9.69 Å². The number of methoxy groups -OCH3 is 1. The summed E-state index contributed by atoms with van der Waals surface area (Å²) in [5, 5.41) is 0. The van der Waals surface area contributed by atoms with Crippen molar-refractivity contribution in [2.24, 2.45) is 5.92 Å². The van der Waals surface area contributed by atoms with Crippen LogP contribution in [0.4, 0.5) is 5.69 Å². The predicted octanol–water partition coefficient (Wildman–Crippen LogP) is 1.93.